The predicted molar refractivity (Wildman–Crippen MR) is 76.6 cm³/mol. The van der Waals surface area contributed by atoms with Crippen LogP contribution in [-0.2, 0) is 0 Å². The quantitative estimate of drug-likeness (QED) is 0.685. The van der Waals surface area contributed by atoms with E-state index >= 15 is 0 Å². The van der Waals surface area contributed by atoms with Gasteiger partial charge in [0, 0.05) is 28.0 Å². The number of halogens is 1. The van der Waals surface area contributed by atoms with Gasteiger partial charge in [-0.3, -0.25) is 10.1 Å². The first-order valence-corrected chi connectivity index (χ1v) is 6.48. The first kappa shape index (κ1) is 14.3. The lowest BCUT2D eigenvalue weighted by atomic mass is 10.2. The summed E-state index contributed by atoms with van der Waals surface area (Å²) < 4.78 is 2.34. The van der Waals surface area contributed by atoms with E-state index in [9.17, 15) is 14.9 Å². The Morgan fingerprint density at radius 2 is 2.00 bits per heavy atom. The number of nitro benzene ring substituents is 1. The summed E-state index contributed by atoms with van der Waals surface area (Å²) in [5, 5.41) is 20.0. The molecule has 0 unspecified atom stereocenters. The van der Waals surface area contributed by atoms with E-state index in [0.717, 1.165) is 0 Å². The molecule has 1 aromatic heterocycles. The normalized spacial score (nSPS) is 10.6. The molecule has 1 heterocycles. The summed E-state index contributed by atoms with van der Waals surface area (Å²) >= 11 is 3.34. The second-order valence-electron chi connectivity index (χ2n) is 4.32. The molecule has 0 spiro atoms. The van der Waals surface area contributed by atoms with E-state index in [0.29, 0.717) is 21.5 Å². The molecule has 2 aromatic rings. The molecule has 6 nitrogen and oxygen atoms in total. The molecule has 0 saturated carbocycles. The Kier molecular flexibility index (Phi) is 3.63. The van der Waals surface area contributed by atoms with Crippen molar-refractivity contribution in [2.75, 3.05) is 0 Å². The number of hydrogen-bond donors (Lipinski definition) is 1. The van der Waals surface area contributed by atoms with Crippen LogP contribution in [0.2, 0.25) is 0 Å². The average molecular weight is 339 g/mol. The van der Waals surface area contributed by atoms with Gasteiger partial charge in [-0.15, -0.1) is 0 Å². The number of aromatic nitrogens is 1. The van der Waals surface area contributed by atoms with Gasteiger partial charge in [0.15, 0.2) is 0 Å². The van der Waals surface area contributed by atoms with Crippen LogP contribution in [0.25, 0.3) is 5.69 Å². The highest BCUT2D eigenvalue weighted by atomic mass is 79.9. The van der Waals surface area contributed by atoms with Gasteiger partial charge in [0.05, 0.1) is 16.2 Å². The standard InChI is InChI=1S/C13H11BrN2O4/c1-7-5-10(13(17)18)8(2)15(7)12-6-9(16(19)20)3-4-11(12)14/h3-6H,1-2H3,(H,17,18). The summed E-state index contributed by atoms with van der Waals surface area (Å²) in [6.07, 6.45) is 0. The van der Waals surface area contributed by atoms with E-state index in [2.05, 4.69) is 15.9 Å². The second kappa shape index (κ2) is 5.09. The molecule has 0 aliphatic heterocycles. The highest BCUT2D eigenvalue weighted by Gasteiger charge is 2.19. The maximum atomic E-state index is 11.1. The minimum atomic E-state index is -1.02. The van der Waals surface area contributed by atoms with Crippen LogP contribution in [0.5, 0.6) is 0 Å². The number of aromatic carboxylic acids is 1. The number of non-ortho nitro benzene ring substituents is 1. The van der Waals surface area contributed by atoms with Crippen molar-refractivity contribution in [3.63, 3.8) is 0 Å². The van der Waals surface area contributed by atoms with Crippen molar-refractivity contribution in [3.8, 4) is 5.69 Å². The number of nitrogens with zero attached hydrogens (tertiary/aromatic N) is 2. The van der Waals surface area contributed by atoms with Crippen LogP contribution in [0.3, 0.4) is 0 Å². The molecule has 0 bridgehead atoms. The van der Waals surface area contributed by atoms with Gasteiger partial charge in [0.2, 0.25) is 0 Å². The van der Waals surface area contributed by atoms with Crippen LogP contribution in [0, 0.1) is 24.0 Å². The minimum absolute atomic E-state index is 0.0485. The highest BCUT2D eigenvalue weighted by Crippen LogP contribution is 2.30. The van der Waals surface area contributed by atoms with Crippen molar-refractivity contribution >= 4 is 27.6 Å². The molecule has 0 amide bonds. The number of benzene rings is 1. The monoisotopic (exact) mass is 338 g/mol. The number of carbonyl (C=O) groups is 1. The van der Waals surface area contributed by atoms with E-state index in [1.54, 1.807) is 30.5 Å². The van der Waals surface area contributed by atoms with Crippen molar-refractivity contribution in [3.05, 3.63) is 55.8 Å². The largest absolute Gasteiger partial charge is 0.478 e. The van der Waals surface area contributed by atoms with Gasteiger partial charge in [-0.05, 0) is 41.9 Å². The number of rotatable bonds is 3. The molecule has 20 heavy (non-hydrogen) atoms. The van der Waals surface area contributed by atoms with Crippen LogP contribution in [0.15, 0.2) is 28.7 Å². The van der Waals surface area contributed by atoms with Gasteiger partial charge >= 0.3 is 5.97 Å². The number of hydrogen-bond acceptors (Lipinski definition) is 3. The van der Waals surface area contributed by atoms with Crippen molar-refractivity contribution in [2.24, 2.45) is 0 Å². The van der Waals surface area contributed by atoms with Crippen LogP contribution in [0.4, 0.5) is 5.69 Å². The molecule has 7 heteroatoms. The number of nitro groups is 1. The number of carboxylic acids is 1. The molecular weight excluding hydrogens is 328 g/mol. The molecule has 0 aliphatic rings. The fraction of sp³-hybridized carbons (Fsp3) is 0.154. The van der Waals surface area contributed by atoms with Crippen LogP contribution in [0.1, 0.15) is 21.7 Å². The Morgan fingerprint density at radius 1 is 1.35 bits per heavy atom. The van der Waals surface area contributed by atoms with Crippen molar-refractivity contribution < 1.29 is 14.8 Å². The maximum Gasteiger partial charge on any atom is 0.337 e. The SMILES string of the molecule is Cc1cc(C(=O)O)c(C)n1-c1cc([N+](=O)[O-])ccc1Br. The summed E-state index contributed by atoms with van der Waals surface area (Å²) in [6.45, 7) is 3.42. The Hall–Kier alpha value is -2.15. The topological polar surface area (TPSA) is 85.4 Å². The van der Waals surface area contributed by atoms with Gasteiger partial charge in [0.25, 0.3) is 5.69 Å². The average Bonchev–Trinajstić information content (AvgIpc) is 2.66. The van der Waals surface area contributed by atoms with E-state index in [4.69, 9.17) is 5.11 Å². The summed E-state index contributed by atoms with van der Waals surface area (Å²) in [6, 6.07) is 5.92. The van der Waals surface area contributed by atoms with Gasteiger partial charge in [-0.25, -0.2) is 4.79 Å². The summed E-state index contributed by atoms with van der Waals surface area (Å²) in [4.78, 5) is 21.5. The van der Waals surface area contributed by atoms with Crippen LogP contribution < -0.4 is 0 Å². The highest BCUT2D eigenvalue weighted by molar-refractivity contribution is 9.10. The lowest BCUT2D eigenvalue weighted by Crippen LogP contribution is -2.04. The fourth-order valence-corrected chi connectivity index (χ4v) is 2.56. The molecule has 0 atom stereocenters. The fourth-order valence-electron chi connectivity index (χ4n) is 2.14. The van der Waals surface area contributed by atoms with E-state index in [-0.39, 0.29) is 11.3 Å². The molecule has 104 valence electrons. The summed E-state index contributed by atoms with van der Waals surface area (Å²) in [7, 11) is 0. The van der Waals surface area contributed by atoms with Crippen LogP contribution in [-0.4, -0.2) is 20.6 Å². The molecule has 0 radical (unpaired) electrons. The third kappa shape index (κ3) is 2.32. The Labute approximate surface area is 122 Å². The Bertz CT molecular complexity index is 721. The second-order valence-corrected chi connectivity index (χ2v) is 5.17. The summed E-state index contributed by atoms with van der Waals surface area (Å²) in [5.41, 5.74) is 1.90. The third-order valence-corrected chi connectivity index (χ3v) is 3.71. The molecular formula is C13H11BrN2O4. The minimum Gasteiger partial charge on any atom is -0.478 e. The van der Waals surface area contributed by atoms with E-state index in [1.165, 1.54) is 12.1 Å². The lowest BCUT2D eigenvalue weighted by Gasteiger charge is -2.11. The molecule has 1 aromatic carbocycles. The molecule has 2 rings (SSSR count). The number of carboxylic acid groups (broad SMARTS) is 1. The molecule has 0 aliphatic carbocycles. The third-order valence-electron chi connectivity index (χ3n) is 3.04. The molecule has 1 N–H and O–H groups in total. The van der Waals surface area contributed by atoms with Gasteiger partial charge in [-0.1, -0.05) is 0 Å². The van der Waals surface area contributed by atoms with E-state index < -0.39 is 10.9 Å². The maximum absolute atomic E-state index is 11.1. The van der Waals surface area contributed by atoms with Gasteiger partial charge in [0.1, 0.15) is 0 Å². The zero-order chi connectivity index (χ0) is 15.0. The Balaban J connectivity index is 2.71. The van der Waals surface area contributed by atoms with Gasteiger partial charge in [-0.2, -0.15) is 0 Å². The van der Waals surface area contributed by atoms with Gasteiger partial charge < -0.3 is 9.67 Å². The van der Waals surface area contributed by atoms with Crippen molar-refractivity contribution in [1.82, 2.24) is 4.57 Å². The first-order chi connectivity index (χ1) is 9.32. The smallest absolute Gasteiger partial charge is 0.337 e. The Morgan fingerprint density at radius 3 is 2.50 bits per heavy atom. The van der Waals surface area contributed by atoms with Crippen LogP contribution >= 0.6 is 15.9 Å². The first-order valence-electron chi connectivity index (χ1n) is 5.69. The lowest BCUT2D eigenvalue weighted by molar-refractivity contribution is -0.384. The molecule has 0 fully saturated rings. The van der Waals surface area contributed by atoms with Crippen molar-refractivity contribution in [2.45, 2.75) is 13.8 Å². The molecule has 0 saturated heterocycles. The van der Waals surface area contributed by atoms with Crippen molar-refractivity contribution in [1.29, 1.82) is 0 Å². The zero-order valence-corrected chi connectivity index (χ0v) is 12.3. The van der Waals surface area contributed by atoms with E-state index in [1.807, 2.05) is 0 Å². The summed E-state index contributed by atoms with van der Waals surface area (Å²) in [5.74, 6) is -1.02. The zero-order valence-electron chi connectivity index (χ0n) is 10.8. The number of aryl methyl sites for hydroxylation is 1. The predicted octanol–water partition coefficient (Wildman–Crippen LogP) is 3.46.